The van der Waals surface area contributed by atoms with Crippen LogP contribution in [-0.4, -0.2) is 16.1 Å². The van der Waals surface area contributed by atoms with Gasteiger partial charge in [-0.05, 0) is 36.8 Å². The van der Waals surface area contributed by atoms with Gasteiger partial charge in [0.25, 0.3) is 5.22 Å². The molecule has 0 spiro atoms. The Hall–Kier alpha value is -1.98. The van der Waals surface area contributed by atoms with Gasteiger partial charge in [0.05, 0.1) is 5.25 Å². The summed E-state index contributed by atoms with van der Waals surface area (Å²) in [6, 6.07) is 14.6. The molecule has 1 heterocycles. The molecule has 0 fully saturated rings. The number of amides is 1. The number of carbonyl (C=O) groups is 1. The highest BCUT2D eigenvalue weighted by molar-refractivity contribution is 8.00. The average Bonchev–Trinajstić information content (AvgIpc) is 2.95. The van der Waals surface area contributed by atoms with Crippen LogP contribution in [0.3, 0.4) is 0 Å². The quantitative estimate of drug-likeness (QED) is 0.661. The standard InChI is InChI=1S/C17H15ClN2O2S/c1-2-15(16(21)19-12-7-5-6-11(18)10-12)23-17-20-13-8-3-4-9-14(13)22-17/h3-10,15H,2H2,1H3,(H,19,21). The van der Waals surface area contributed by atoms with Gasteiger partial charge in [-0.25, -0.2) is 4.98 Å². The predicted octanol–water partition coefficient (Wildman–Crippen LogP) is 4.99. The highest BCUT2D eigenvalue weighted by atomic mass is 35.5. The van der Waals surface area contributed by atoms with Crippen LogP contribution >= 0.6 is 23.4 Å². The molecule has 1 aromatic heterocycles. The SMILES string of the molecule is CCC(Sc1nc2ccccc2o1)C(=O)Nc1cccc(Cl)c1. The van der Waals surface area contributed by atoms with Crippen molar-refractivity contribution in [2.45, 2.75) is 23.8 Å². The normalized spacial score (nSPS) is 12.3. The summed E-state index contributed by atoms with van der Waals surface area (Å²) < 4.78 is 5.67. The first-order valence-corrected chi connectivity index (χ1v) is 8.50. The molecule has 0 saturated carbocycles. The van der Waals surface area contributed by atoms with Crippen LogP contribution in [0.5, 0.6) is 0 Å². The van der Waals surface area contributed by atoms with E-state index in [0.29, 0.717) is 22.4 Å². The number of halogens is 1. The van der Waals surface area contributed by atoms with Crippen molar-refractivity contribution in [1.82, 2.24) is 4.98 Å². The number of aromatic nitrogens is 1. The third kappa shape index (κ3) is 3.86. The van der Waals surface area contributed by atoms with E-state index < -0.39 is 0 Å². The molecule has 0 aliphatic heterocycles. The maximum atomic E-state index is 12.4. The summed E-state index contributed by atoms with van der Waals surface area (Å²) in [6.45, 7) is 1.96. The second-order valence-electron chi connectivity index (χ2n) is 4.96. The second-order valence-corrected chi connectivity index (χ2v) is 6.55. The fourth-order valence-electron chi connectivity index (χ4n) is 2.13. The minimum Gasteiger partial charge on any atom is -0.431 e. The van der Waals surface area contributed by atoms with Gasteiger partial charge in [0, 0.05) is 10.7 Å². The maximum Gasteiger partial charge on any atom is 0.257 e. The number of benzene rings is 2. The molecule has 1 atom stereocenters. The molecule has 6 heteroatoms. The lowest BCUT2D eigenvalue weighted by atomic mass is 10.3. The van der Waals surface area contributed by atoms with Gasteiger partial charge >= 0.3 is 0 Å². The molecule has 0 aliphatic rings. The molecular weight excluding hydrogens is 332 g/mol. The summed E-state index contributed by atoms with van der Waals surface area (Å²) in [5.41, 5.74) is 2.19. The fourth-order valence-corrected chi connectivity index (χ4v) is 3.19. The molecule has 3 rings (SSSR count). The van der Waals surface area contributed by atoms with Crippen LogP contribution in [0.25, 0.3) is 11.1 Å². The monoisotopic (exact) mass is 346 g/mol. The molecule has 0 radical (unpaired) electrons. The number of hydrogen-bond donors (Lipinski definition) is 1. The van der Waals surface area contributed by atoms with E-state index >= 15 is 0 Å². The topological polar surface area (TPSA) is 55.1 Å². The number of nitrogens with zero attached hydrogens (tertiary/aromatic N) is 1. The Bertz CT molecular complexity index is 801. The average molecular weight is 347 g/mol. The Morgan fingerprint density at radius 2 is 2.13 bits per heavy atom. The van der Waals surface area contributed by atoms with Gasteiger partial charge in [0.2, 0.25) is 5.91 Å². The molecule has 3 aromatic rings. The van der Waals surface area contributed by atoms with Crippen LogP contribution in [0.15, 0.2) is 58.2 Å². The van der Waals surface area contributed by atoms with E-state index in [1.54, 1.807) is 24.3 Å². The lowest BCUT2D eigenvalue weighted by Gasteiger charge is -2.12. The van der Waals surface area contributed by atoms with Crippen molar-refractivity contribution in [3.63, 3.8) is 0 Å². The van der Waals surface area contributed by atoms with Gasteiger partial charge in [0.1, 0.15) is 5.52 Å². The van der Waals surface area contributed by atoms with E-state index in [1.807, 2.05) is 31.2 Å². The third-order valence-corrected chi connectivity index (χ3v) is 4.72. The highest BCUT2D eigenvalue weighted by Crippen LogP contribution is 2.29. The van der Waals surface area contributed by atoms with E-state index in [9.17, 15) is 4.79 Å². The summed E-state index contributed by atoms with van der Waals surface area (Å²) in [5.74, 6) is -0.0953. The number of nitrogens with one attached hydrogen (secondary N) is 1. The molecule has 1 N–H and O–H groups in total. The largest absolute Gasteiger partial charge is 0.431 e. The Morgan fingerprint density at radius 3 is 2.87 bits per heavy atom. The fraction of sp³-hybridized carbons (Fsp3) is 0.176. The van der Waals surface area contributed by atoms with Crippen molar-refractivity contribution in [2.24, 2.45) is 0 Å². The predicted molar refractivity (Wildman–Crippen MR) is 94.0 cm³/mol. The van der Waals surface area contributed by atoms with Crippen molar-refractivity contribution in [3.8, 4) is 0 Å². The molecule has 0 saturated heterocycles. The van der Waals surface area contributed by atoms with E-state index in [0.717, 1.165) is 11.1 Å². The molecule has 4 nitrogen and oxygen atoms in total. The van der Waals surface area contributed by atoms with E-state index in [-0.39, 0.29) is 11.2 Å². The first-order chi connectivity index (χ1) is 11.2. The summed E-state index contributed by atoms with van der Waals surface area (Å²) >= 11 is 7.26. The van der Waals surface area contributed by atoms with E-state index in [2.05, 4.69) is 10.3 Å². The lowest BCUT2D eigenvalue weighted by Crippen LogP contribution is -2.24. The molecule has 118 valence electrons. The van der Waals surface area contributed by atoms with Crippen molar-refractivity contribution in [3.05, 3.63) is 53.6 Å². The number of fused-ring (bicyclic) bond motifs is 1. The number of carbonyl (C=O) groups excluding carboxylic acids is 1. The van der Waals surface area contributed by atoms with Crippen LogP contribution in [0, 0.1) is 0 Å². The number of rotatable bonds is 5. The first-order valence-electron chi connectivity index (χ1n) is 7.24. The number of anilines is 1. The summed E-state index contributed by atoms with van der Waals surface area (Å²) in [5, 5.41) is 3.67. The highest BCUT2D eigenvalue weighted by Gasteiger charge is 2.21. The molecule has 23 heavy (non-hydrogen) atoms. The summed E-state index contributed by atoms with van der Waals surface area (Å²) in [7, 11) is 0. The Morgan fingerprint density at radius 1 is 1.30 bits per heavy atom. The number of oxazole rings is 1. The van der Waals surface area contributed by atoms with Gasteiger partial charge in [-0.15, -0.1) is 0 Å². The second kappa shape index (κ2) is 7.06. The number of thioether (sulfide) groups is 1. The van der Waals surface area contributed by atoms with Crippen LogP contribution in [0.1, 0.15) is 13.3 Å². The van der Waals surface area contributed by atoms with Crippen molar-refractivity contribution < 1.29 is 9.21 Å². The van der Waals surface area contributed by atoms with Crippen molar-refractivity contribution in [1.29, 1.82) is 0 Å². The van der Waals surface area contributed by atoms with E-state index in [4.69, 9.17) is 16.0 Å². The smallest absolute Gasteiger partial charge is 0.257 e. The zero-order chi connectivity index (χ0) is 16.2. The molecule has 1 amide bonds. The van der Waals surface area contributed by atoms with Crippen LogP contribution in [0.2, 0.25) is 5.02 Å². The minimum absolute atomic E-state index is 0.0953. The van der Waals surface area contributed by atoms with Gasteiger partial charge < -0.3 is 9.73 Å². The zero-order valence-corrected chi connectivity index (χ0v) is 14.0. The third-order valence-electron chi connectivity index (χ3n) is 3.27. The van der Waals surface area contributed by atoms with Crippen LogP contribution in [-0.2, 0) is 4.79 Å². The molecule has 0 bridgehead atoms. The molecule has 1 unspecified atom stereocenters. The Labute approximate surface area is 143 Å². The van der Waals surface area contributed by atoms with Gasteiger partial charge in [-0.3, -0.25) is 4.79 Å². The Balaban J connectivity index is 1.72. The number of hydrogen-bond acceptors (Lipinski definition) is 4. The van der Waals surface area contributed by atoms with Crippen LogP contribution < -0.4 is 5.32 Å². The van der Waals surface area contributed by atoms with Crippen molar-refractivity contribution >= 4 is 46.1 Å². The summed E-state index contributed by atoms with van der Waals surface area (Å²) in [4.78, 5) is 16.8. The van der Waals surface area contributed by atoms with Gasteiger partial charge in [-0.1, -0.05) is 48.5 Å². The summed E-state index contributed by atoms with van der Waals surface area (Å²) in [6.07, 6.45) is 0.662. The zero-order valence-electron chi connectivity index (χ0n) is 12.5. The molecule has 2 aromatic carbocycles. The lowest BCUT2D eigenvalue weighted by molar-refractivity contribution is -0.115. The van der Waals surface area contributed by atoms with Gasteiger partial charge in [-0.2, -0.15) is 0 Å². The minimum atomic E-state index is -0.290. The Kier molecular flexibility index (Phi) is 4.88. The maximum absolute atomic E-state index is 12.4. The van der Waals surface area contributed by atoms with E-state index in [1.165, 1.54) is 11.8 Å². The van der Waals surface area contributed by atoms with Gasteiger partial charge in [0.15, 0.2) is 5.58 Å². The van der Waals surface area contributed by atoms with Crippen molar-refractivity contribution in [2.75, 3.05) is 5.32 Å². The molecular formula is C17H15ClN2O2S. The number of para-hydroxylation sites is 2. The molecule has 0 aliphatic carbocycles. The van der Waals surface area contributed by atoms with Crippen LogP contribution in [0.4, 0.5) is 5.69 Å². The first kappa shape index (κ1) is 15.9.